The third-order valence-corrected chi connectivity index (χ3v) is 6.73. The molecule has 1 amide bonds. The lowest BCUT2D eigenvalue weighted by molar-refractivity contribution is 0.0937. The molecule has 3 heterocycles. The first-order valence-electron chi connectivity index (χ1n) is 10.3. The van der Waals surface area contributed by atoms with Crippen LogP contribution in [0.1, 0.15) is 52.5 Å². The zero-order valence-corrected chi connectivity index (χ0v) is 17.8. The van der Waals surface area contributed by atoms with Gasteiger partial charge in [0.05, 0.1) is 18.0 Å². The van der Waals surface area contributed by atoms with Crippen molar-refractivity contribution in [3.8, 4) is 10.6 Å². The third kappa shape index (κ3) is 4.43. The second-order valence-electron chi connectivity index (χ2n) is 7.47. The molecule has 1 aliphatic rings. The van der Waals surface area contributed by atoms with Crippen molar-refractivity contribution in [3.63, 3.8) is 0 Å². The highest BCUT2D eigenvalue weighted by Gasteiger charge is 2.26. The van der Waals surface area contributed by atoms with E-state index in [2.05, 4.69) is 46.4 Å². The second-order valence-corrected chi connectivity index (χ2v) is 8.47. The van der Waals surface area contributed by atoms with Crippen LogP contribution in [0.2, 0.25) is 0 Å². The fourth-order valence-corrected chi connectivity index (χ4v) is 4.82. The molecule has 152 valence electrons. The van der Waals surface area contributed by atoms with E-state index in [1.165, 1.54) is 29.7 Å². The maximum Gasteiger partial charge on any atom is 0.263 e. The molecule has 0 spiro atoms. The summed E-state index contributed by atoms with van der Waals surface area (Å²) >= 11 is 1.46. The number of benzene rings is 1. The van der Waals surface area contributed by atoms with Crippen molar-refractivity contribution in [2.45, 2.75) is 39.2 Å². The van der Waals surface area contributed by atoms with Crippen LogP contribution in [-0.2, 0) is 6.42 Å². The summed E-state index contributed by atoms with van der Waals surface area (Å²) in [6.45, 7) is 6.66. The average molecular weight is 410 g/mol. The Bertz CT molecular complexity index is 941. The number of aryl methyl sites for hydroxylation is 2. The number of thiazole rings is 1. The highest BCUT2D eigenvalue weighted by atomic mass is 32.1. The van der Waals surface area contributed by atoms with E-state index < -0.39 is 0 Å². The molecule has 1 aromatic carbocycles. The number of likely N-dealkylation sites (tertiary alicyclic amines) is 1. The van der Waals surface area contributed by atoms with Gasteiger partial charge in [0.15, 0.2) is 0 Å². The molecule has 1 atom stereocenters. The van der Waals surface area contributed by atoms with Gasteiger partial charge >= 0.3 is 0 Å². The Morgan fingerprint density at radius 1 is 1.24 bits per heavy atom. The quantitative estimate of drug-likeness (QED) is 0.607. The first-order valence-corrected chi connectivity index (χ1v) is 11.1. The van der Waals surface area contributed by atoms with Crippen molar-refractivity contribution in [2.24, 2.45) is 0 Å². The van der Waals surface area contributed by atoms with E-state index in [0.717, 1.165) is 41.5 Å². The number of nitrogens with zero attached hydrogens (tertiary/aromatic N) is 2. The Hall–Kier alpha value is -2.44. The van der Waals surface area contributed by atoms with E-state index in [-0.39, 0.29) is 11.9 Å². The SMILES string of the molecule is CCc1ccc(-c2nc(C)c(C(=O)NCC(c3ccco3)N3CCCC3)s2)cc1. The van der Waals surface area contributed by atoms with Crippen molar-refractivity contribution >= 4 is 17.2 Å². The van der Waals surface area contributed by atoms with Gasteiger partial charge in [-0.1, -0.05) is 31.2 Å². The lowest BCUT2D eigenvalue weighted by Gasteiger charge is -2.25. The molecule has 0 bridgehead atoms. The molecule has 1 aliphatic heterocycles. The number of carbonyl (C=O) groups is 1. The van der Waals surface area contributed by atoms with Crippen LogP contribution in [0.4, 0.5) is 0 Å². The summed E-state index contributed by atoms with van der Waals surface area (Å²) < 4.78 is 5.65. The van der Waals surface area contributed by atoms with Gasteiger partial charge in [-0.25, -0.2) is 4.98 Å². The molecule has 0 radical (unpaired) electrons. The number of amides is 1. The predicted octanol–water partition coefficient (Wildman–Crippen LogP) is 4.84. The predicted molar refractivity (Wildman–Crippen MR) is 116 cm³/mol. The van der Waals surface area contributed by atoms with Crippen molar-refractivity contribution in [1.29, 1.82) is 0 Å². The Balaban J connectivity index is 1.47. The van der Waals surface area contributed by atoms with Gasteiger partial charge in [0.1, 0.15) is 15.6 Å². The number of rotatable bonds is 7. The Morgan fingerprint density at radius 3 is 2.66 bits per heavy atom. The number of nitrogens with one attached hydrogen (secondary N) is 1. The Labute approximate surface area is 175 Å². The van der Waals surface area contributed by atoms with Crippen LogP contribution < -0.4 is 5.32 Å². The standard InChI is InChI=1S/C23H27N3O2S/c1-3-17-8-10-18(11-9-17)23-25-16(2)21(29-23)22(27)24-15-19(20-7-6-14-28-20)26-12-4-5-13-26/h6-11,14,19H,3-5,12-13,15H2,1-2H3,(H,24,27). The Kier molecular flexibility index (Phi) is 6.11. The minimum Gasteiger partial charge on any atom is -0.468 e. The highest BCUT2D eigenvalue weighted by molar-refractivity contribution is 7.17. The molecular weight excluding hydrogens is 382 g/mol. The maximum atomic E-state index is 12.9. The monoisotopic (exact) mass is 409 g/mol. The van der Waals surface area contributed by atoms with E-state index >= 15 is 0 Å². The third-order valence-electron chi connectivity index (χ3n) is 5.52. The van der Waals surface area contributed by atoms with Gasteiger partial charge in [-0.2, -0.15) is 0 Å². The molecule has 2 aromatic heterocycles. The van der Waals surface area contributed by atoms with Crippen molar-refractivity contribution in [1.82, 2.24) is 15.2 Å². The van der Waals surface area contributed by atoms with Gasteiger partial charge in [-0.05, 0) is 57.0 Å². The molecular formula is C23H27N3O2S. The number of furan rings is 1. The van der Waals surface area contributed by atoms with Gasteiger partial charge in [0.2, 0.25) is 0 Å². The van der Waals surface area contributed by atoms with Crippen LogP contribution in [0.15, 0.2) is 47.1 Å². The van der Waals surface area contributed by atoms with Crippen molar-refractivity contribution in [3.05, 3.63) is 64.6 Å². The highest BCUT2D eigenvalue weighted by Crippen LogP contribution is 2.29. The van der Waals surface area contributed by atoms with Crippen LogP contribution >= 0.6 is 11.3 Å². The fourth-order valence-electron chi connectivity index (χ4n) is 3.83. The van der Waals surface area contributed by atoms with E-state index in [1.807, 2.05) is 19.1 Å². The first-order chi connectivity index (χ1) is 14.2. The summed E-state index contributed by atoms with van der Waals surface area (Å²) in [6, 6.07) is 12.4. The molecule has 29 heavy (non-hydrogen) atoms. The number of hydrogen-bond donors (Lipinski definition) is 1. The number of carbonyl (C=O) groups excluding carboxylic acids is 1. The van der Waals surface area contributed by atoms with E-state index in [9.17, 15) is 4.79 Å². The fraction of sp³-hybridized carbons (Fsp3) is 0.391. The van der Waals surface area contributed by atoms with Gasteiger partial charge in [0, 0.05) is 12.1 Å². The molecule has 3 aromatic rings. The summed E-state index contributed by atoms with van der Waals surface area (Å²) in [4.78, 5) is 20.6. The lowest BCUT2D eigenvalue weighted by Crippen LogP contribution is -2.36. The van der Waals surface area contributed by atoms with Crippen LogP contribution in [0, 0.1) is 6.92 Å². The first kappa shape index (κ1) is 19.9. The summed E-state index contributed by atoms with van der Waals surface area (Å²) in [5, 5.41) is 4.00. The van der Waals surface area contributed by atoms with Crippen molar-refractivity contribution < 1.29 is 9.21 Å². The topological polar surface area (TPSA) is 58.4 Å². The normalized spacial score (nSPS) is 15.5. The van der Waals surface area contributed by atoms with E-state index in [1.54, 1.807) is 6.26 Å². The summed E-state index contributed by atoms with van der Waals surface area (Å²) in [6.07, 6.45) is 5.10. The summed E-state index contributed by atoms with van der Waals surface area (Å²) in [5.74, 6) is 0.845. The molecule has 1 fully saturated rings. The molecule has 0 saturated carbocycles. The average Bonchev–Trinajstić information content (AvgIpc) is 3.51. The second kappa shape index (κ2) is 8.93. The largest absolute Gasteiger partial charge is 0.468 e. The van der Waals surface area contributed by atoms with Gasteiger partial charge in [-0.3, -0.25) is 9.69 Å². The summed E-state index contributed by atoms with van der Waals surface area (Å²) in [5.41, 5.74) is 3.13. The number of aromatic nitrogens is 1. The minimum atomic E-state index is -0.0628. The number of hydrogen-bond acceptors (Lipinski definition) is 5. The smallest absolute Gasteiger partial charge is 0.263 e. The van der Waals surface area contributed by atoms with Crippen LogP contribution in [0.5, 0.6) is 0 Å². The van der Waals surface area contributed by atoms with Crippen molar-refractivity contribution in [2.75, 3.05) is 19.6 Å². The van der Waals surface area contributed by atoms with Crippen LogP contribution in [0.25, 0.3) is 10.6 Å². The molecule has 5 nitrogen and oxygen atoms in total. The lowest BCUT2D eigenvalue weighted by atomic mass is 10.1. The van der Waals surface area contributed by atoms with Gasteiger partial charge in [-0.15, -0.1) is 11.3 Å². The maximum absolute atomic E-state index is 12.9. The Morgan fingerprint density at radius 2 is 2.00 bits per heavy atom. The molecule has 0 aliphatic carbocycles. The minimum absolute atomic E-state index is 0.0628. The molecule has 1 saturated heterocycles. The zero-order chi connectivity index (χ0) is 20.2. The van der Waals surface area contributed by atoms with E-state index in [0.29, 0.717) is 11.4 Å². The summed E-state index contributed by atoms with van der Waals surface area (Å²) in [7, 11) is 0. The van der Waals surface area contributed by atoms with Gasteiger partial charge in [0.25, 0.3) is 5.91 Å². The van der Waals surface area contributed by atoms with Crippen LogP contribution in [-0.4, -0.2) is 35.4 Å². The molecule has 6 heteroatoms. The zero-order valence-electron chi connectivity index (χ0n) is 17.0. The molecule has 4 rings (SSSR count). The van der Waals surface area contributed by atoms with Crippen LogP contribution in [0.3, 0.4) is 0 Å². The molecule has 1 N–H and O–H groups in total. The van der Waals surface area contributed by atoms with Gasteiger partial charge < -0.3 is 9.73 Å². The van der Waals surface area contributed by atoms with E-state index in [4.69, 9.17) is 4.42 Å². The molecule has 1 unspecified atom stereocenters.